The van der Waals surface area contributed by atoms with Gasteiger partial charge in [-0.3, -0.25) is 10.1 Å². The van der Waals surface area contributed by atoms with E-state index in [9.17, 15) is 15.2 Å². The van der Waals surface area contributed by atoms with Crippen molar-refractivity contribution in [2.24, 2.45) is 0 Å². The molecule has 6 heteroatoms. The number of ether oxygens (including phenoxy) is 1. The highest BCUT2D eigenvalue weighted by molar-refractivity contribution is 5.52. The molecule has 1 aliphatic rings. The Morgan fingerprint density at radius 1 is 1.58 bits per heavy atom. The Kier molecular flexibility index (Phi) is 4.34. The number of hydrogen-bond donors (Lipinski definition) is 2. The van der Waals surface area contributed by atoms with Crippen molar-refractivity contribution in [3.05, 3.63) is 33.9 Å². The summed E-state index contributed by atoms with van der Waals surface area (Å²) in [6.07, 6.45) is 1.63. The Morgan fingerprint density at radius 3 is 2.95 bits per heavy atom. The van der Waals surface area contributed by atoms with Crippen molar-refractivity contribution < 1.29 is 14.8 Å². The van der Waals surface area contributed by atoms with E-state index >= 15 is 0 Å². The van der Waals surface area contributed by atoms with Gasteiger partial charge in [-0.25, -0.2) is 0 Å². The third-order valence-electron chi connectivity index (χ3n) is 3.03. The molecule has 0 aromatic heterocycles. The van der Waals surface area contributed by atoms with Crippen LogP contribution in [0.5, 0.6) is 5.75 Å². The van der Waals surface area contributed by atoms with Crippen LogP contribution in [-0.2, 0) is 0 Å². The molecule has 19 heavy (non-hydrogen) atoms. The van der Waals surface area contributed by atoms with E-state index in [0.717, 1.165) is 12.8 Å². The summed E-state index contributed by atoms with van der Waals surface area (Å²) < 4.78 is 5.36. The molecule has 2 rings (SSSR count). The van der Waals surface area contributed by atoms with Gasteiger partial charge in [0.05, 0.1) is 4.92 Å². The Balaban J connectivity index is 1.90. The fourth-order valence-corrected chi connectivity index (χ4v) is 1.82. The highest BCUT2D eigenvalue weighted by atomic mass is 16.6. The largest absolute Gasteiger partial charge is 0.484 e. The fourth-order valence-electron chi connectivity index (χ4n) is 1.82. The second-order valence-electron chi connectivity index (χ2n) is 4.83. The van der Waals surface area contributed by atoms with E-state index in [1.165, 1.54) is 0 Å². The molecule has 1 aromatic carbocycles. The van der Waals surface area contributed by atoms with Crippen LogP contribution in [0, 0.1) is 17.0 Å². The molecule has 1 aromatic rings. The minimum Gasteiger partial charge on any atom is -0.484 e. The topological polar surface area (TPSA) is 84.6 Å². The normalized spacial score (nSPS) is 16.1. The van der Waals surface area contributed by atoms with Crippen LogP contribution >= 0.6 is 0 Å². The van der Waals surface area contributed by atoms with Gasteiger partial charge in [0, 0.05) is 18.2 Å². The molecule has 0 radical (unpaired) electrons. The smallest absolute Gasteiger partial charge is 0.313 e. The summed E-state index contributed by atoms with van der Waals surface area (Å²) in [4.78, 5) is 10.5. The molecule has 2 N–H and O–H groups in total. The summed E-state index contributed by atoms with van der Waals surface area (Å²) in [6.45, 7) is 2.16. The fraction of sp³-hybridized carbons (Fsp3) is 0.538. The minimum absolute atomic E-state index is 0.0372. The second-order valence-corrected chi connectivity index (χ2v) is 4.83. The van der Waals surface area contributed by atoms with Gasteiger partial charge in [-0.05, 0) is 25.8 Å². The predicted molar refractivity (Wildman–Crippen MR) is 70.4 cm³/mol. The third-order valence-corrected chi connectivity index (χ3v) is 3.03. The van der Waals surface area contributed by atoms with Crippen LogP contribution in [-0.4, -0.2) is 35.3 Å². The molecule has 0 heterocycles. The summed E-state index contributed by atoms with van der Waals surface area (Å²) in [6, 6.07) is 5.43. The maximum atomic E-state index is 11.0. The maximum Gasteiger partial charge on any atom is 0.313 e. The first-order valence-electron chi connectivity index (χ1n) is 6.36. The van der Waals surface area contributed by atoms with Crippen molar-refractivity contribution in [1.29, 1.82) is 0 Å². The van der Waals surface area contributed by atoms with Crippen molar-refractivity contribution >= 4 is 5.69 Å². The SMILES string of the molecule is Cc1cccc(OCC(O)CNC2CC2)c1[N+](=O)[O-]. The van der Waals surface area contributed by atoms with Gasteiger partial charge >= 0.3 is 5.69 Å². The van der Waals surface area contributed by atoms with Gasteiger partial charge in [-0.2, -0.15) is 0 Å². The molecule has 0 saturated heterocycles. The first-order valence-corrected chi connectivity index (χ1v) is 6.36. The van der Waals surface area contributed by atoms with Crippen molar-refractivity contribution in [1.82, 2.24) is 5.32 Å². The molecule has 0 amide bonds. The molecule has 1 saturated carbocycles. The van der Waals surface area contributed by atoms with Crippen LogP contribution in [0.15, 0.2) is 18.2 Å². The molecule has 104 valence electrons. The van der Waals surface area contributed by atoms with Crippen molar-refractivity contribution in [2.45, 2.75) is 31.9 Å². The highest BCUT2D eigenvalue weighted by Crippen LogP contribution is 2.30. The lowest BCUT2D eigenvalue weighted by Gasteiger charge is -2.13. The lowest BCUT2D eigenvalue weighted by atomic mass is 10.2. The zero-order chi connectivity index (χ0) is 13.8. The van der Waals surface area contributed by atoms with Crippen molar-refractivity contribution in [3.8, 4) is 5.75 Å². The number of benzene rings is 1. The molecule has 6 nitrogen and oxygen atoms in total. The van der Waals surface area contributed by atoms with E-state index in [0.29, 0.717) is 18.2 Å². The third kappa shape index (κ3) is 3.90. The molecule has 1 aliphatic carbocycles. The van der Waals surface area contributed by atoms with E-state index in [-0.39, 0.29) is 18.0 Å². The first kappa shape index (κ1) is 13.8. The Hall–Kier alpha value is -1.66. The molecule has 1 fully saturated rings. The molecule has 1 unspecified atom stereocenters. The maximum absolute atomic E-state index is 11.0. The molecular weight excluding hydrogens is 248 g/mol. The van der Waals surface area contributed by atoms with E-state index in [1.807, 2.05) is 0 Å². The van der Waals surface area contributed by atoms with E-state index in [1.54, 1.807) is 25.1 Å². The Bertz CT molecular complexity index is 460. The lowest BCUT2D eigenvalue weighted by Crippen LogP contribution is -2.32. The number of hydrogen-bond acceptors (Lipinski definition) is 5. The number of nitrogens with zero attached hydrogens (tertiary/aromatic N) is 1. The quantitative estimate of drug-likeness (QED) is 0.575. The van der Waals surface area contributed by atoms with Gasteiger partial charge in [0.25, 0.3) is 0 Å². The van der Waals surface area contributed by atoms with Crippen LogP contribution in [0.3, 0.4) is 0 Å². The average Bonchev–Trinajstić information content (AvgIpc) is 3.17. The number of para-hydroxylation sites is 1. The standard InChI is InChI=1S/C13H18N2O4/c1-9-3-2-4-12(13(9)15(17)18)19-8-11(16)7-14-10-5-6-10/h2-4,10-11,14,16H,5-8H2,1H3. The monoisotopic (exact) mass is 266 g/mol. The number of aliphatic hydroxyl groups excluding tert-OH is 1. The Morgan fingerprint density at radius 2 is 2.32 bits per heavy atom. The first-order chi connectivity index (χ1) is 9.08. The zero-order valence-corrected chi connectivity index (χ0v) is 10.8. The lowest BCUT2D eigenvalue weighted by molar-refractivity contribution is -0.386. The second kappa shape index (κ2) is 5.99. The zero-order valence-electron chi connectivity index (χ0n) is 10.8. The molecule has 0 aliphatic heterocycles. The van der Waals surface area contributed by atoms with Crippen LogP contribution < -0.4 is 10.1 Å². The van der Waals surface area contributed by atoms with E-state index < -0.39 is 11.0 Å². The van der Waals surface area contributed by atoms with E-state index in [2.05, 4.69) is 5.32 Å². The summed E-state index contributed by atoms with van der Waals surface area (Å²) in [5, 5.41) is 23.9. The van der Waals surface area contributed by atoms with Gasteiger partial charge < -0.3 is 15.2 Å². The van der Waals surface area contributed by atoms with Gasteiger partial charge in [0.1, 0.15) is 12.7 Å². The number of nitrogens with one attached hydrogen (secondary N) is 1. The van der Waals surface area contributed by atoms with Crippen molar-refractivity contribution in [2.75, 3.05) is 13.2 Å². The summed E-state index contributed by atoms with van der Waals surface area (Å²) in [5.74, 6) is 0.204. The number of rotatable bonds is 7. The van der Waals surface area contributed by atoms with Crippen LogP contribution in [0.25, 0.3) is 0 Å². The van der Waals surface area contributed by atoms with Gasteiger partial charge in [-0.15, -0.1) is 0 Å². The van der Waals surface area contributed by atoms with Crippen LogP contribution in [0.1, 0.15) is 18.4 Å². The number of nitro groups is 1. The molecular formula is C13H18N2O4. The number of aryl methyl sites for hydroxylation is 1. The van der Waals surface area contributed by atoms with Crippen LogP contribution in [0.2, 0.25) is 0 Å². The van der Waals surface area contributed by atoms with Gasteiger partial charge in [-0.1, -0.05) is 12.1 Å². The average molecular weight is 266 g/mol. The number of aliphatic hydroxyl groups is 1. The van der Waals surface area contributed by atoms with Crippen LogP contribution in [0.4, 0.5) is 5.69 Å². The van der Waals surface area contributed by atoms with Gasteiger partial charge in [0.2, 0.25) is 0 Å². The molecule has 0 spiro atoms. The van der Waals surface area contributed by atoms with Crippen molar-refractivity contribution in [3.63, 3.8) is 0 Å². The molecule has 1 atom stereocenters. The summed E-state index contributed by atoms with van der Waals surface area (Å²) in [7, 11) is 0. The number of nitro benzene ring substituents is 1. The summed E-state index contributed by atoms with van der Waals surface area (Å²) >= 11 is 0. The minimum atomic E-state index is -0.666. The molecule has 0 bridgehead atoms. The Labute approximate surface area is 111 Å². The van der Waals surface area contributed by atoms with Gasteiger partial charge in [0.15, 0.2) is 5.75 Å². The highest BCUT2D eigenvalue weighted by Gasteiger charge is 2.22. The van der Waals surface area contributed by atoms with E-state index in [4.69, 9.17) is 4.74 Å². The predicted octanol–water partition coefficient (Wildman–Crippen LogP) is 1.39. The summed E-state index contributed by atoms with van der Waals surface area (Å²) in [5.41, 5.74) is 0.512.